The number of primary amides is 1. The molecule has 0 aromatic heterocycles. The van der Waals surface area contributed by atoms with Gasteiger partial charge in [0.1, 0.15) is 0 Å². The maximum absolute atomic E-state index is 13.8. The first-order valence-electron chi connectivity index (χ1n) is 14.4. The number of carbonyl (C=O) groups excluding carboxylic acids is 2. The van der Waals surface area contributed by atoms with Gasteiger partial charge in [0.25, 0.3) is 0 Å². The molecular weight excluding hydrogens is 547 g/mol. The molecule has 0 radical (unpaired) electrons. The molecule has 1 heterocycles. The van der Waals surface area contributed by atoms with E-state index in [2.05, 4.69) is 10.2 Å². The lowest BCUT2D eigenvalue weighted by atomic mass is 9.79. The second kappa shape index (κ2) is 14.5. The molecule has 1 aliphatic heterocycles. The Kier molecular flexibility index (Phi) is 11.1. The van der Waals surface area contributed by atoms with Crippen molar-refractivity contribution in [1.29, 1.82) is 0 Å². The van der Waals surface area contributed by atoms with Crippen molar-refractivity contribution in [2.24, 2.45) is 11.5 Å². The third-order valence-electron chi connectivity index (χ3n) is 8.34. The summed E-state index contributed by atoms with van der Waals surface area (Å²) in [6, 6.07) is 14.2. The number of nitrogens with one attached hydrogen (secondary N) is 1. The summed E-state index contributed by atoms with van der Waals surface area (Å²) in [5.41, 5.74) is 13.1. The molecule has 1 saturated carbocycles. The topological polar surface area (TPSA) is 108 Å². The van der Waals surface area contributed by atoms with Gasteiger partial charge in [-0.25, -0.2) is 4.79 Å². The lowest BCUT2D eigenvalue weighted by Gasteiger charge is -2.51. The Hall–Kier alpha value is -2.36. The molecule has 2 fully saturated rings. The van der Waals surface area contributed by atoms with Crippen LogP contribution in [0.4, 0.5) is 10.5 Å². The first kappa shape index (κ1) is 30.6. The number of carbonyl (C=O) groups is 2. The van der Waals surface area contributed by atoms with Gasteiger partial charge in [-0.3, -0.25) is 14.6 Å². The molecule has 40 heavy (non-hydrogen) atoms. The van der Waals surface area contributed by atoms with E-state index in [1.54, 1.807) is 17.0 Å². The van der Waals surface area contributed by atoms with Gasteiger partial charge in [-0.1, -0.05) is 66.7 Å². The van der Waals surface area contributed by atoms with Crippen molar-refractivity contribution in [3.63, 3.8) is 0 Å². The third-order valence-corrected chi connectivity index (χ3v) is 8.93. The standard InChI is InChI=1S/C30H42Cl2N6O2/c31-24-11-10-23(26(32)21-24)20-27(35-15-7-14-33)28(39)36-16-18-37(19-17-36)30(12-5-2-6-13-30)22-38(29(34)40)25-8-3-1-4-9-25/h1,3-4,8-11,21,27,35H,2,5-7,12-20,22,33H2,(H2,34,40). The van der Waals surface area contributed by atoms with Crippen molar-refractivity contribution >= 4 is 40.8 Å². The maximum Gasteiger partial charge on any atom is 0.319 e. The average Bonchev–Trinajstić information content (AvgIpc) is 2.97. The Labute approximate surface area is 247 Å². The van der Waals surface area contributed by atoms with Gasteiger partial charge in [-0.2, -0.15) is 0 Å². The fourth-order valence-corrected chi connectivity index (χ4v) is 6.62. The molecule has 2 aliphatic rings. The predicted molar refractivity (Wildman–Crippen MR) is 163 cm³/mol. The second-order valence-corrected chi connectivity index (χ2v) is 11.8. The fraction of sp³-hybridized carbons (Fsp3) is 0.533. The van der Waals surface area contributed by atoms with Crippen LogP contribution >= 0.6 is 23.2 Å². The number of benzene rings is 2. The maximum atomic E-state index is 13.8. The van der Waals surface area contributed by atoms with Crippen molar-refractivity contribution in [2.75, 3.05) is 50.7 Å². The van der Waals surface area contributed by atoms with Crippen LogP contribution in [0.5, 0.6) is 0 Å². The SMILES string of the molecule is NCCCNC(Cc1ccc(Cl)cc1Cl)C(=O)N1CCN(C2(CN(C(N)=O)c3ccccc3)CCCCC2)CC1. The van der Waals surface area contributed by atoms with Crippen LogP contribution in [-0.4, -0.2) is 79.1 Å². The number of nitrogens with two attached hydrogens (primary N) is 2. The Morgan fingerprint density at radius 3 is 2.33 bits per heavy atom. The van der Waals surface area contributed by atoms with Crippen molar-refractivity contribution < 1.29 is 9.59 Å². The van der Waals surface area contributed by atoms with Crippen LogP contribution in [0.25, 0.3) is 0 Å². The first-order valence-corrected chi connectivity index (χ1v) is 15.1. The predicted octanol–water partition coefficient (Wildman–Crippen LogP) is 4.28. The highest BCUT2D eigenvalue weighted by Crippen LogP contribution is 2.36. The van der Waals surface area contributed by atoms with Crippen LogP contribution in [-0.2, 0) is 11.2 Å². The molecule has 2 aromatic carbocycles. The van der Waals surface area contributed by atoms with Gasteiger partial charge in [-0.15, -0.1) is 0 Å². The van der Waals surface area contributed by atoms with Crippen LogP contribution in [0.15, 0.2) is 48.5 Å². The number of nitrogens with zero attached hydrogens (tertiary/aromatic N) is 3. The van der Waals surface area contributed by atoms with E-state index in [4.69, 9.17) is 34.7 Å². The normalized spacial score (nSPS) is 18.3. The number of piperazine rings is 1. The average molecular weight is 590 g/mol. The summed E-state index contributed by atoms with van der Waals surface area (Å²) in [4.78, 5) is 32.5. The van der Waals surface area contributed by atoms with Crippen LogP contribution < -0.4 is 21.7 Å². The summed E-state index contributed by atoms with van der Waals surface area (Å²) in [5.74, 6) is 0.0726. The number of hydrogen-bond acceptors (Lipinski definition) is 5. The van der Waals surface area contributed by atoms with E-state index < -0.39 is 12.1 Å². The smallest absolute Gasteiger partial charge is 0.319 e. The lowest BCUT2D eigenvalue weighted by molar-refractivity contribution is -0.136. The van der Waals surface area contributed by atoms with Gasteiger partial charge in [0.15, 0.2) is 0 Å². The van der Waals surface area contributed by atoms with Crippen LogP contribution in [0.3, 0.4) is 0 Å². The quantitative estimate of drug-likeness (QED) is 0.340. The Morgan fingerprint density at radius 2 is 1.70 bits per heavy atom. The molecular formula is C30H42Cl2N6O2. The molecule has 1 atom stereocenters. The summed E-state index contributed by atoms with van der Waals surface area (Å²) < 4.78 is 0. The highest BCUT2D eigenvalue weighted by Gasteiger charge is 2.42. The number of urea groups is 1. The van der Waals surface area contributed by atoms with E-state index >= 15 is 0 Å². The molecule has 1 aliphatic carbocycles. The van der Waals surface area contributed by atoms with E-state index in [0.717, 1.165) is 56.4 Å². The number of amides is 3. The molecule has 5 N–H and O–H groups in total. The van der Waals surface area contributed by atoms with Crippen molar-refractivity contribution in [2.45, 2.75) is 56.5 Å². The Morgan fingerprint density at radius 1 is 1.00 bits per heavy atom. The summed E-state index contributed by atoms with van der Waals surface area (Å²) in [7, 11) is 0. The lowest BCUT2D eigenvalue weighted by Crippen LogP contribution is -2.64. The second-order valence-electron chi connectivity index (χ2n) is 10.9. The largest absolute Gasteiger partial charge is 0.351 e. The van der Waals surface area contributed by atoms with Gasteiger partial charge in [0.05, 0.1) is 6.04 Å². The molecule has 10 heteroatoms. The Bertz CT molecular complexity index is 1120. The number of hydrogen-bond donors (Lipinski definition) is 3. The summed E-state index contributed by atoms with van der Waals surface area (Å²) in [5, 5.41) is 4.55. The van der Waals surface area contributed by atoms with Gasteiger partial charge >= 0.3 is 6.03 Å². The first-order chi connectivity index (χ1) is 19.3. The van der Waals surface area contributed by atoms with Crippen molar-refractivity contribution in [3.8, 4) is 0 Å². The minimum Gasteiger partial charge on any atom is -0.351 e. The number of halogens is 2. The molecule has 2 aromatic rings. The van der Waals surface area contributed by atoms with E-state index in [1.807, 2.05) is 41.3 Å². The minimum atomic E-state index is -0.433. The molecule has 1 saturated heterocycles. The summed E-state index contributed by atoms with van der Waals surface area (Å²) >= 11 is 12.5. The van der Waals surface area contributed by atoms with Crippen LogP contribution in [0.1, 0.15) is 44.1 Å². The minimum absolute atomic E-state index is 0.0726. The number of anilines is 1. The zero-order valence-electron chi connectivity index (χ0n) is 23.2. The van der Waals surface area contributed by atoms with E-state index in [-0.39, 0.29) is 11.4 Å². The van der Waals surface area contributed by atoms with Gasteiger partial charge in [-0.05, 0) is 68.6 Å². The Balaban J connectivity index is 1.46. The van der Waals surface area contributed by atoms with E-state index in [1.165, 1.54) is 6.42 Å². The molecule has 3 amide bonds. The van der Waals surface area contributed by atoms with E-state index in [9.17, 15) is 9.59 Å². The van der Waals surface area contributed by atoms with Crippen molar-refractivity contribution in [1.82, 2.24) is 15.1 Å². The van der Waals surface area contributed by atoms with Gasteiger partial charge < -0.3 is 21.7 Å². The van der Waals surface area contributed by atoms with Crippen LogP contribution in [0, 0.1) is 0 Å². The fourth-order valence-electron chi connectivity index (χ4n) is 6.14. The zero-order chi connectivity index (χ0) is 28.5. The third kappa shape index (κ3) is 7.68. The zero-order valence-corrected chi connectivity index (χ0v) is 24.7. The molecule has 4 rings (SSSR count). The summed E-state index contributed by atoms with van der Waals surface area (Å²) in [6.45, 7) is 4.54. The van der Waals surface area contributed by atoms with Gasteiger partial charge in [0, 0.05) is 54.0 Å². The van der Waals surface area contributed by atoms with Crippen LogP contribution in [0.2, 0.25) is 10.0 Å². The molecule has 218 valence electrons. The van der Waals surface area contributed by atoms with Crippen molar-refractivity contribution in [3.05, 3.63) is 64.1 Å². The number of rotatable bonds is 11. The number of para-hydroxylation sites is 1. The highest BCUT2D eigenvalue weighted by molar-refractivity contribution is 6.35. The van der Waals surface area contributed by atoms with Gasteiger partial charge in [0.2, 0.25) is 5.91 Å². The molecule has 8 nitrogen and oxygen atoms in total. The van der Waals surface area contributed by atoms with E-state index in [0.29, 0.717) is 49.2 Å². The molecule has 0 bridgehead atoms. The highest BCUT2D eigenvalue weighted by atomic mass is 35.5. The monoisotopic (exact) mass is 588 g/mol. The molecule has 1 unspecified atom stereocenters. The summed E-state index contributed by atoms with van der Waals surface area (Å²) in [6.07, 6.45) is 6.72. The molecule has 0 spiro atoms.